The molecule has 2 amide bonds. The molecule has 1 fully saturated rings. The molecule has 1 aliphatic rings. The summed E-state index contributed by atoms with van der Waals surface area (Å²) in [6, 6.07) is 13.5. The number of hydrogen-bond donors (Lipinski definition) is 2. The number of aryl methyl sites for hydroxylation is 2. The van der Waals surface area contributed by atoms with Gasteiger partial charge in [0.15, 0.2) is 6.61 Å². The smallest absolute Gasteiger partial charge is 0.276 e. The van der Waals surface area contributed by atoms with E-state index in [0.717, 1.165) is 34.0 Å². The minimum absolute atomic E-state index is 0.157. The van der Waals surface area contributed by atoms with E-state index in [1.165, 1.54) is 0 Å². The van der Waals surface area contributed by atoms with E-state index in [9.17, 15) is 9.59 Å². The largest absolute Gasteiger partial charge is 0.483 e. The van der Waals surface area contributed by atoms with Crippen molar-refractivity contribution in [1.29, 1.82) is 0 Å². The second-order valence-electron chi connectivity index (χ2n) is 6.65. The van der Waals surface area contributed by atoms with Gasteiger partial charge in [0, 0.05) is 4.47 Å². The third-order valence-electron chi connectivity index (χ3n) is 4.60. The zero-order valence-electron chi connectivity index (χ0n) is 14.8. The molecule has 26 heavy (non-hydrogen) atoms. The standard InChI is InChI=1S/C20H21BrN2O3/c1-13-3-4-14(2)17(11-13)26-12-18(24)22-23-19(25)20(9-10-20)15-5-7-16(21)8-6-15/h3-8,11H,9-10,12H2,1-2H3,(H,22,24)(H,23,25). The molecular weight excluding hydrogens is 396 g/mol. The van der Waals surface area contributed by atoms with Gasteiger partial charge in [0.25, 0.3) is 5.91 Å². The van der Waals surface area contributed by atoms with Crippen LogP contribution in [-0.4, -0.2) is 18.4 Å². The van der Waals surface area contributed by atoms with Gasteiger partial charge >= 0.3 is 0 Å². The van der Waals surface area contributed by atoms with Crippen molar-refractivity contribution in [2.75, 3.05) is 6.61 Å². The Bertz CT molecular complexity index is 829. The highest BCUT2D eigenvalue weighted by atomic mass is 79.9. The molecule has 0 aromatic heterocycles. The van der Waals surface area contributed by atoms with Gasteiger partial charge in [-0.2, -0.15) is 0 Å². The van der Waals surface area contributed by atoms with E-state index >= 15 is 0 Å². The predicted molar refractivity (Wildman–Crippen MR) is 103 cm³/mol. The molecule has 0 unspecified atom stereocenters. The normalized spacial score (nSPS) is 14.4. The van der Waals surface area contributed by atoms with E-state index in [4.69, 9.17) is 4.74 Å². The second-order valence-corrected chi connectivity index (χ2v) is 7.56. The summed E-state index contributed by atoms with van der Waals surface area (Å²) in [7, 11) is 0. The SMILES string of the molecule is Cc1ccc(C)c(OCC(=O)NNC(=O)C2(c3ccc(Br)cc3)CC2)c1. The van der Waals surface area contributed by atoms with Crippen molar-refractivity contribution in [1.82, 2.24) is 10.9 Å². The molecule has 1 saturated carbocycles. The average Bonchev–Trinajstić information content (AvgIpc) is 3.43. The van der Waals surface area contributed by atoms with Crippen LogP contribution in [0.25, 0.3) is 0 Å². The van der Waals surface area contributed by atoms with Crippen molar-refractivity contribution < 1.29 is 14.3 Å². The fourth-order valence-electron chi connectivity index (χ4n) is 2.83. The first kappa shape index (κ1) is 18.5. The van der Waals surface area contributed by atoms with Crippen LogP contribution in [0, 0.1) is 13.8 Å². The number of amides is 2. The zero-order valence-corrected chi connectivity index (χ0v) is 16.4. The molecule has 136 valence electrons. The van der Waals surface area contributed by atoms with E-state index in [1.54, 1.807) is 0 Å². The number of nitrogens with one attached hydrogen (secondary N) is 2. The van der Waals surface area contributed by atoms with E-state index < -0.39 is 11.3 Å². The maximum Gasteiger partial charge on any atom is 0.276 e. The summed E-state index contributed by atoms with van der Waals surface area (Å²) in [5.41, 5.74) is 7.41. The minimum Gasteiger partial charge on any atom is -0.483 e. The van der Waals surface area contributed by atoms with Gasteiger partial charge in [-0.3, -0.25) is 20.4 Å². The van der Waals surface area contributed by atoms with Crippen molar-refractivity contribution in [3.05, 3.63) is 63.6 Å². The van der Waals surface area contributed by atoms with E-state index in [0.29, 0.717) is 5.75 Å². The number of benzene rings is 2. The van der Waals surface area contributed by atoms with E-state index in [2.05, 4.69) is 26.8 Å². The number of hydrogen-bond acceptors (Lipinski definition) is 3. The lowest BCUT2D eigenvalue weighted by molar-refractivity contribution is -0.131. The lowest BCUT2D eigenvalue weighted by atomic mass is 9.95. The Labute approximate surface area is 161 Å². The van der Waals surface area contributed by atoms with Gasteiger partial charge in [-0.15, -0.1) is 0 Å². The molecule has 0 spiro atoms. The Morgan fingerprint density at radius 1 is 1.08 bits per heavy atom. The highest BCUT2D eigenvalue weighted by molar-refractivity contribution is 9.10. The van der Waals surface area contributed by atoms with Crippen molar-refractivity contribution in [2.24, 2.45) is 0 Å². The quantitative estimate of drug-likeness (QED) is 0.734. The molecule has 0 aliphatic heterocycles. The summed E-state index contributed by atoms with van der Waals surface area (Å²) in [5, 5.41) is 0. The lowest BCUT2D eigenvalue weighted by Crippen LogP contribution is -2.48. The van der Waals surface area contributed by atoms with Crippen LogP contribution in [0.4, 0.5) is 0 Å². The molecule has 2 aromatic carbocycles. The molecule has 3 rings (SSSR count). The first-order valence-corrected chi connectivity index (χ1v) is 9.25. The molecule has 0 heterocycles. The number of hydrazine groups is 1. The Morgan fingerprint density at radius 3 is 2.42 bits per heavy atom. The number of ether oxygens (including phenoxy) is 1. The Balaban J connectivity index is 1.52. The highest BCUT2D eigenvalue weighted by Crippen LogP contribution is 2.48. The predicted octanol–water partition coefficient (Wildman–Crippen LogP) is 3.32. The molecule has 0 radical (unpaired) electrons. The van der Waals surface area contributed by atoms with Crippen molar-refractivity contribution in [2.45, 2.75) is 32.1 Å². The van der Waals surface area contributed by atoms with Gasteiger partial charge in [0.2, 0.25) is 5.91 Å². The topological polar surface area (TPSA) is 67.4 Å². The molecule has 2 N–H and O–H groups in total. The van der Waals surface area contributed by atoms with Gasteiger partial charge in [0.1, 0.15) is 5.75 Å². The Morgan fingerprint density at radius 2 is 1.77 bits per heavy atom. The number of halogens is 1. The summed E-state index contributed by atoms with van der Waals surface area (Å²) >= 11 is 3.39. The van der Waals surface area contributed by atoms with Crippen molar-refractivity contribution >= 4 is 27.7 Å². The highest BCUT2D eigenvalue weighted by Gasteiger charge is 2.51. The number of rotatable bonds is 5. The minimum atomic E-state index is -0.540. The molecule has 1 aliphatic carbocycles. The molecule has 0 saturated heterocycles. The summed E-state index contributed by atoms with van der Waals surface area (Å²) in [5.74, 6) is 0.0748. The van der Waals surface area contributed by atoms with Crippen LogP contribution in [0.1, 0.15) is 29.5 Å². The first-order chi connectivity index (χ1) is 12.4. The summed E-state index contributed by atoms with van der Waals surface area (Å²) < 4.78 is 6.51. The fraction of sp³-hybridized carbons (Fsp3) is 0.300. The summed E-state index contributed by atoms with van der Waals surface area (Å²) in [6.45, 7) is 3.73. The number of carbonyl (C=O) groups excluding carboxylic acids is 2. The van der Waals surface area contributed by atoms with Gasteiger partial charge < -0.3 is 4.74 Å². The van der Waals surface area contributed by atoms with Gasteiger partial charge in [-0.1, -0.05) is 40.2 Å². The first-order valence-electron chi connectivity index (χ1n) is 8.46. The van der Waals surface area contributed by atoms with Crippen LogP contribution in [0.15, 0.2) is 46.9 Å². The van der Waals surface area contributed by atoms with Crippen LogP contribution in [0.3, 0.4) is 0 Å². The summed E-state index contributed by atoms with van der Waals surface area (Å²) in [4.78, 5) is 24.5. The Hall–Kier alpha value is -2.34. The van der Waals surface area contributed by atoms with E-state index in [-0.39, 0.29) is 12.5 Å². The fourth-order valence-corrected chi connectivity index (χ4v) is 3.09. The third-order valence-corrected chi connectivity index (χ3v) is 5.13. The van der Waals surface area contributed by atoms with Gasteiger partial charge in [-0.25, -0.2) is 0 Å². The van der Waals surface area contributed by atoms with Gasteiger partial charge in [0.05, 0.1) is 5.41 Å². The maximum absolute atomic E-state index is 12.5. The van der Waals surface area contributed by atoms with Crippen LogP contribution in [0.2, 0.25) is 0 Å². The molecule has 0 bridgehead atoms. The summed E-state index contributed by atoms with van der Waals surface area (Å²) in [6.07, 6.45) is 1.55. The third kappa shape index (κ3) is 4.07. The Kier molecular flexibility index (Phi) is 5.32. The molecular formula is C20H21BrN2O3. The van der Waals surface area contributed by atoms with Crippen LogP contribution >= 0.6 is 15.9 Å². The number of carbonyl (C=O) groups is 2. The molecule has 0 atom stereocenters. The second kappa shape index (κ2) is 7.50. The monoisotopic (exact) mass is 416 g/mol. The molecule has 2 aromatic rings. The van der Waals surface area contributed by atoms with Crippen LogP contribution in [-0.2, 0) is 15.0 Å². The zero-order chi connectivity index (χ0) is 18.7. The maximum atomic E-state index is 12.5. The lowest BCUT2D eigenvalue weighted by Gasteiger charge is -2.16. The van der Waals surface area contributed by atoms with Crippen molar-refractivity contribution in [3.63, 3.8) is 0 Å². The molecule has 6 heteroatoms. The van der Waals surface area contributed by atoms with E-state index in [1.807, 2.05) is 56.3 Å². The molecule has 5 nitrogen and oxygen atoms in total. The van der Waals surface area contributed by atoms with Crippen LogP contribution in [0.5, 0.6) is 5.75 Å². The van der Waals surface area contributed by atoms with Crippen LogP contribution < -0.4 is 15.6 Å². The average molecular weight is 417 g/mol. The van der Waals surface area contributed by atoms with Gasteiger partial charge in [-0.05, 0) is 61.6 Å². The van der Waals surface area contributed by atoms with Crippen molar-refractivity contribution in [3.8, 4) is 5.75 Å².